The molecule has 0 radical (unpaired) electrons. The van der Waals surface area contributed by atoms with Crippen LogP contribution in [-0.4, -0.2) is 38.3 Å². The zero-order valence-corrected chi connectivity index (χ0v) is 20.7. The molecular formula is C27H30ClN5O+2. The Hall–Kier alpha value is -3.27. The summed E-state index contributed by atoms with van der Waals surface area (Å²) in [7, 11) is 1.71. The lowest BCUT2D eigenvalue weighted by molar-refractivity contribution is -0.914. The fraction of sp³-hybridized carbons (Fsp3) is 0.333. The molecule has 1 fully saturated rings. The molecule has 3 heterocycles. The van der Waals surface area contributed by atoms with Gasteiger partial charge >= 0.3 is 0 Å². The van der Waals surface area contributed by atoms with Crippen LogP contribution in [0.5, 0.6) is 5.75 Å². The molecular weight excluding hydrogens is 446 g/mol. The summed E-state index contributed by atoms with van der Waals surface area (Å²) >= 11 is 6.26. The molecule has 0 amide bonds. The number of benzene rings is 2. The van der Waals surface area contributed by atoms with Crippen LogP contribution in [0.2, 0.25) is 5.02 Å². The number of para-hydroxylation sites is 2. The summed E-state index contributed by atoms with van der Waals surface area (Å²) < 4.78 is 7.83. The lowest BCUT2D eigenvalue weighted by Crippen LogP contribution is -3.13. The lowest BCUT2D eigenvalue weighted by Gasteiger charge is -2.32. The molecule has 4 aromatic rings. The van der Waals surface area contributed by atoms with Crippen molar-refractivity contribution in [3.8, 4) is 11.8 Å². The maximum Gasteiger partial charge on any atom is 0.250 e. The van der Waals surface area contributed by atoms with Crippen molar-refractivity contribution < 1.29 is 14.0 Å². The van der Waals surface area contributed by atoms with Crippen LogP contribution in [0.4, 0.5) is 5.82 Å². The van der Waals surface area contributed by atoms with Gasteiger partial charge in [-0.1, -0.05) is 30.7 Å². The first-order valence-electron chi connectivity index (χ1n) is 11.8. The SMILES string of the molecule is CCc1c(C)c(C#N)c2[nH]c3ccccc3[n+]2c1N1CC[NH+](Cc2cc(Cl)ccc2OC)CC1. The van der Waals surface area contributed by atoms with Crippen molar-refractivity contribution in [1.29, 1.82) is 5.26 Å². The standard InChI is InChI=1S/C27H28ClN5O/c1-4-21-18(2)22(16-29)26-30-23-7-5-6-8-24(23)33(26)27(21)32-13-11-31(12-14-32)17-19-15-20(28)9-10-25(19)34-3/h5-10,15H,4,11-14,17H2,1-3H3/p+2. The third-order valence-corrected chi connectivity index (χ3v) is 7.32. The van der Waals surface area contributed by atoms with E-state index >= 15 is 0 Å². The average molecular weight is 476 g/mol. The molecule has 2 aromatic heterocycles. The first-order valence-corrected chi connectivity index (χ1v) is 12.2. The Morgan fingerprint density at radius 3 is 2.68 bits per heavy atom. The number of nitriles is 1. The van der Waals surface area contributed by atoms with E-state index in [9.17, 15) is 5.26 Å². The van der Waals surface area contributed by atoms with E-state index in [1.165, 1.54) is 16.3 Å². The highest BCUT2D eigenvalue weighted by Gasteiger charge is 2.32. The molecule has 0 spiro atoms. The predicted octanol–water partition coefficient (Wildman–Crippen LogP) is 3.22. The van der Waals surface area contributed by atoms with E-state index in [0.29, 0.717) is 0 Å². The van der Waals surface area contributed by atoms with E-state index in [-0.39, 0.29) is 0 Å². The van der Waals surface area contributed by atoms with Gasteiger partial charge in [0.2, 0.25) is 11.5 Å². The van der Waals surface area contributed by atoms with Crippen molar-refractivity contribution in [3.05, 3.63) is 69.7 Å². The Morgan fingerprint density at radius 2 is 1.97 bits per heavy atom. The van der Waals surface area contributed by atoms with Crippen LogP contribution >= 0.6 is 11.6 Å². The third-order valence-electron chi connectivity index (χ3n) is 7.09. The molecule has 1 saturated heterocycles. The molecule has 0 unspecified atom stereocenters. The largest absolute Gasteiger partial charge is 0.496 e. The van der Waals surface area contributed by atoms with E-state index in [2.05, 4.69) is 52.4 Å². The number of pyridine rings is 1. The minimum atomic E-state index is 0.731. The van der Waals surface area contributed by atoms with E-state index in [0.717, 1.165) is 83.3 Å². The molecule has 7 heteroatoms. The number of methoxy groups -OCH3 is 1. The number of ether oxygens (including phenoxy) is 1. The fourth-order valence-electron chi connectivity index (χ4n) is 5.36. The Morgan fingerprint density at radius 1 is 1.21 bits per heavy atom. The summed E-state index contributed by atoms with van der Waals surface area (Å²) in [6, 6.07) is 16.6. The Kier molecular flexibility index (Phi) is 6.07. The van der Waals surface area contributed by atoms with Crippen LogP contribution in [0.25, 0.3) is 16.7 Å². The highest BCUT2D eigenvalue weighted by molar-refractivity contribution is 6.30. The molecule has 34 heavy (non-hydrogen) atoms. The van der Waals surface area contributed by atoms with Crippen LogP contribution in [0.1, 0.15) is 29.2 Å². The molecule has 0 saturated carbocycles. The second-order valence-corrected chi connectivity index (χ2v) is 9.40. The summed E-state index contributed by atoms with van der Waals surface area (Å²) in [6.45, 7) is 9.07. The van der Waals surface area contributed by atoms with Crippen LogP contribution in [0, 0.1) is 18.3 Å². The molecule has 1 aliphatic rings. The second kappa shape index (κ2) is 9.17. The smallest absolute Gasteiger partial charge is 0.250 e. The monoisotopic (exact) mass is 475 g/mol. The van der Waals surface area contributed by atoms with Gasteiger partial charge < -0.3 is 9.64 Å². The molecule has 174 valence electrons. The molecule has 0 bridgehead atoms. The molecule has 0 atom stereocenters. The maximum atomic E-state index is 9.98. The molecule has 1 aliphatic heterocycles. The van der Waals surface area contributed by atoms with Gasteiger partial charge in [0, 0.05) is 16.1 Å². The van der Waals surface area contributed by atoms with Crippen molar-refractivity contribution >= 4 is 34.1 Å². The zero-order chi connectivity index (χ0) is 23.8. The Labute approximate surface area is 204 Å². The number of nitrogens with zero attached hydrogens (tertiary/aromatic N) is 3. The Bertz CT molecular complexity index is 1410. The van der Waals surface area contributed by atoms with Crippen LogP contribution in [0.3, 0.4) is 0 Å². The molecule has 0 aliphatic carbocycles. The number of piperazine rings is 1. The number of fused-ring (bicyclic) bond motifs is 3. The van der Waals surface area contributed by atoms with Gasteiger partial charge in [-0.05, 0) is 49.2 Å². The van der Waals surface area contributed by atoms with Gasteiger partial charge in [0.25, 0.3) is 0 Å². The van der Waals surface area contributed by atoms with Gasteiger partial charge in [-0.15, -0.1) is 0 Å². The van der Waals surface area contributed by atoms with Gasteiger partial charge in [0.15, 0.2) is 0 Å². The number of rotatable bonds is 5. The van der Waals surface area contributed by atoms with Crippen molar-refractivity contribution in [2.24, 2.45) is 0 Å². The molecule has 5 rings (SSSR count). The number of H-pyrrole nitrogens is 1. The van der Waals surface area contributed by atoms with Gasteiger partial charge in [-0.2, -0.15) is 9.66 Å². The number of aromatic amines is 1. The number of halogens is 1. The number of anilines is 1. The van der Waals surface area contributed by atoms with Crippen molar-refractivity contribution in [2.45, 2.75) is 26.8 Å². The lowest BCUT2D eigenvalue weighted by atomic mass is 10.0. The summed E-state index contributed by atoms with van der Waals surface area (Å²) in [5, 5.41) is 10.7. The van der Waals surface area contributed by atoms with Gasteiger partial charge in [0.05, 0.1) is 7.11 Å². The first kappa shape index (κ1) is 22.5. The first-order chi connectivity index (χ1) is 16.5. The fourth-order valence-corrected chi connectivity index (χ4v) is 5.56. The molecule has 6 nitrogen and oxygen atoms in total. The summed E-state index contributed by atoms with van der Waals surface area (Å²) in [5.74, 6) is 2.11. The van der Waals surface area contributed by atoms with E-state index in [4.69, 9.17) is 16.3 Å². The topological polar surface area (TPSA) is 60.6 Å². The van der Waals surface area contributed by atoms with Crippen molar-refractivity contribution in [1.82, 2.24) is 4.98 Å². The zero-order valence-electron chi connectivity index (χ0n) is 19.9. The van der Waals surface area contributed by atoms with Crippen LogP contribution < -0.4 is 18.9 Å². The van der Waals surface area contributed by atoms with Gasteiger partial charge in [-0.3, -0.25) is 9.88 Å². The number of aromatic nitrogens is 2. The quantitative estimate of drug-likeness (QED) is 0.436. The normalized spacial score (nSPS) is 14.6. The highest BCUT2D eigenvalue weighted by atomic mass is 35.5. The van der Waals surface area contributed by atoms with Crippen LogP contribution in [0.15, 0.2) is 42.5 Å². The van der Waals surface area contributed by atoms with E-state index < -0.39 is 0 Å². The van der Waals surface area contributed by atoms with Crippen LogP contribution in [-0.2, 0) is 13.0 Å². The number of quaternary nitrogens is 1. The molecule has 2 N–H and O–H groups in total. The average Bonchev–Trinajstić information content (AvgIpc) is 3.23. The van der Waals surface area contributed by atoms with Gasteiger partial charge in [0.1, 0.15) is 61.1 Å². The van der Waals surface area contributed by atoms with E-state index in [1.807, 2.05) is 24.3 Å². The van der Waals surface area contributed by atoms with Crippen molar-refractivity contribution in [2.75, 3.05) is 38.2 Å². The number of imidazole rings is 1. The summed E-state index contributed by atoms with van der Waals surface area (Å²) in [6.07, 6.45) is 0.880. The summed E-state index contributed by atoms with van der Waals surface area (Å²) in [4.78, 5) is 7.52. The number of hydrogen-bond donors (Lipinski definition) is 2. The Balaban J connectivity index is 1.51. The maximum absolute atomic E-state index is 9.98. The van der Waals surface area contributed by atoms with E-state index in [1.54, 1.807) is 7.11 Å². The van der Waals surface area contributed by atoms with Gasteiger partial charge in [-0.25, -0.2) is 0 Å². The minimum absolute atomic E-state index is 0.731. The third kappa shape index (κ3) is 3.75. The second-order valence-electron chi connectivity index (χ2n) is 8.96. The summed E-state index contributed by atoms with van der Waals surface area (Å²) in [5.41, 5.74) is 7.24. The number of hydrogen-bond acceptors (Lipinski definition) is 3. The number of nitrogens with one attached hydrogen (secondary N) is 2. The molecule has 2 aromatic carbocycles. The van der Waals surface area contributed by atoms with Crippen molar-refractivity contribution in [3.63, 3.8) is 0 Å². The predicted molar refractivity (Wildman–Crippen MR) is 135 cm³/mol. The highest BCUT2D eigenvalue weighted by Crippen LogP contribution is 2.28. The minimum Gasteiger partial charge on any atom is -0.496 e.